The summed E-state index contributed by atoms with van der Waals surface area (Å²) in [5, 5.41) is 0.254. The normalized spacial score (nSPS) is 21.4. The molecule has 0 saturated heterocycles. The smallest absolute Gasteiger partial charge is 0.332 e. The van der Waals surface area contributed by atoms with E-state index in [0.29, 0.717) is 11.8 Å². The SMILES string of the molecule is C[C@H]1CCC[C@H](OCC(=O)OCCOc2cncc(Cl)n2)C1. The second-order valence-electron chi connectivity index (χ2n) is 5.45. The van der Waals surface area contributed by atoms with Crippen molar-refractivity contribution in [1.82, 2.24) is 9.97 Å². The van der Waals surface area contributed by atoms with Gasteiger partial charge in [0.1, 0.15) is 19.8 Å². The van der Waals surface area contributed by atoms with Crippen LogP contribution in [0.2, 0.25) is 5.15 Å². The molecule has 0 unspecified atom stereocenters. The first-order valence-electron chi connectivity index (χ1n) is 7.51. The molecule has 122 valence electrons. The second kappa shape index (κ2) is 8.90. The molecular weight excluding hydrogens is 308 g/mol. The highest BCUT2D eigenvalue weighted by molar-refractivity contribution is 6.29. The van der Waals surface area contributed by atoms with Gasteiger partial charge in [-0.05, 0) is 18.8 Å². The Morgan fingerprint density at radius 3 is 3.00 bits per heavy atom. The Balaban J connectivity index is 1.56. The van der Waals surface area contributed by atoms with Gasteiger partial charge in [0, 0.05) is 0 Å². The van der Waals surface area contributed by atoms with Crippen LogP contribution in [-0.4, -0.2) is 41.9 Å². The van der Waals surface area contributed by atoms with Gasteiger partial charge < -0.3 is 14.2 Å². The Morgan fingerprint density at radius 1 is 1.36 bits per heavy atom. The molecule has 1 aliphatic carbocycles. The van der Waals surface area contributed by atoms with Crippen LogP contribution in [0.5, 0.6) is 5.88 Å². The highest BCUT2D eigenvalue weighted by Gasteiger charge is 2.20. The predicted octanol–water partition coefficient (Wildman–Crippen LogP) is 2.65. The molecular formula is C15H21ClN2O4. The number of esters is 1. The summed E-state index contributed by atoms with van der Waals surface area (Å²) in [4.78, 5) is 19.3. The van der Waals surface area contributed by atoms with Crippen molar-refractivity contribution in [2.24, 2.45) is 5.92 Å². The molecule has 0 amide bonds. The van der Waals surface area contributed by atoms with E-state index in [9.17, 15) is 4.79 Å². The average Bonchev–Trinajstić information content (AvgIpc) is 2.50. The number of aromatic nitrogens is 2. The quantitative estimate of drug-likeness (QED) is 0.566. The number of halogens is 1. The fourth-order valence-corrected chi connectivity index (χ4v) is 2.59. The summed E-state index contributed by atoms with van der Waals surface area (Å²) >= 11 is 5.68. The number of hydrogen-bond acceptors (Lipinski definition) is 6. The molecule has 2 atom stereocenters. The van der Waals surface area contributed by atoms with Crippen molar-refractivity contribution in [1.29, 1.82) is 0 Å². The number of hydrogen-bond donors (Lipinski definition) is 0. The molecule has 0 aromatic carbocycles. The Hall–Kier alpha value is -1.40. The minimum atomic E-state index is -0.376. The zero-order valence-corrected chi connectivity index (χ0v) is 13.4. The summed E-state index contributed by atoms with van der Waals surface area (Å²) in [5.41, 5.74) is 0. The third-order valence-corrected chi connectivity index (χ3v) is 3.69. The fourth-order valence-electron chi connectivity index (χ4n) is 2.45. The standard InChI is InChI=1S/C15H21ClN2O4/c1-11-3-2-4-12(7-11)22-10-15(19)21-6-5-20-14-9-17-8-13(16)18-14/h8-9,11-12H,2-7,10H2,1H3/t11-,12-/m0/s1. The van der Waals surface area contributed by atoms with Crippen molar-refractivity contribution in [2.75, 3.05) is 19.8 Å². The first-order chi connectivity index (χ1) is 10.6. The van der Waals surface area contributed by atoms with Crippen LogP contribution in [-0.2, 0) is 14.3 Å². The molecule has 1 aromatic heterocycles. The van der Waals surface area contributed by atoms with Crippen LogP contribution in [0.3, 0.4) is 0 Å². The van der Waals surface area contributed by atoms with Gasteiger partial charge in [-0.1, -0.05) is 31.4 Å². The lowest BCUT2D eigenvalue weighted by molar-refractivity contribution is -0.152. The lowest BCUT2D eigenvalue weighted by Gasteiger charge is -2.26. The van der Waals surface area contributed by atoms with Crippen LogP contribution in [0, 0.1) is 5.92 Å². The van der Waals surface area contributed by atoms with Crippen LogP contribution in [0.15, 0.2) is 12.4 Å². The van der Waals surface area contributed by atoms with Gasteiger partial charge in [0.05, 0.1) is 18.5 Å². The molecule has 6 nitrogen and oxygen atoms in total. The van der Waals surface area contributed by atoms with E-state index >= 15 is 0 Å². The molecule has 1 fully saturated rings. The molecule has 1 aromatic rings. The summed E-state index contributed by atoms with van der Waals surface area (Å²) in [7, 11) is 0. The number of nitrogens with zero attached hydrogens (tertiary/aromatic N) is 2. The van der Waals surface area contributed by atoms with Crippen molar-refractivity contribution in [3.63, 3.8) is 0 Å². The largest absolute Gasteiger partial charge is 0.473 e. The fraction of sp³-hybridized carbons (Fsp3) is 0.667. The van der Waals surface area contributed by atoms with Gasteiger partial charge in [0.2, 0.25) is 5.88 Å². The maximum absolute atomic E-state index is 11.6. The zero-order valence-electron chi connectivity index (χ0n) is 12.7. The first kappa shape index (κ1) is 17.0. The van der Waals surface area contributed by atoms with Crippen LogP contribution < -0.4 is 4.74 Å². The van der Waals surface area contributed by atoms with Gasteiger partial charge in [-0.25, -0.2) is 4.79 Å². The van der Waals surface area contributed by atoms with Crippen molar-refractivity contribution < 1.29 is 19.0 Å². The Morgan fingerprint density at radius 2 is 2.23 bits per heavy atom. The Bertz CT molecular complexity index is 486. The topological polar surface area (TPSA) is 70.5 Å². The number of carbonyl (C=O) groups excluding carboxylic acids is 1. The summed E-state index contributed by atoms with van der Waals surface area (Å²) < 4.78 is 15.9. The molecule has 0 radical (unpaired) electrons. The Kier molecular flexibility index (Phi) is 6.86. The molecule has 7 heteroatoms. The number of rotatable bonds is 7. The second-order valence-corrected chi connectivity index (χ2v) is 5.84. The predicted molar refractivity (Wildman–Crippen MR) is 80.9 cm³/mol. The maximum Gasteiger partial charge on any atom is 0.332 e. The average molecular weight is 329 g/mol. The molecule has 0 N–H and O–H groups in total. The van der Waals surface area contributed by atoms with Crippen molar-refractivity contribution in [3.8, 4) is 5.88 Å². The summed E-state index contributed by atoms with van der Waals surface area (Å²) in [6.45, 7) is 2.54. The van der Waals surface area contributed by atoms with E-state index in [1.54, 1.807) is 0 Å². The Labute approximate surface area is 135 Å². The van der Waals surface area contributed by atoms with Crippen molar-refractivity contribution in [2.45, 2.75) is 38.7 Å². The summed E-state index contributed by atoms with van der Waals surface area (Å²) in [6, 6.07) is 0. The van der Waals surface area contributed by atoms with Crippen LogP contribution in [0.1, 0.15) is 32.6 Å². The van der Waals surface area contributed by atoms with Crippen LogP contribution in [0.4, 0.5) is 0 Å². The molecule has 2 rings (SSSR count). The zero-order chi connectivity index (χ0) is 15.8. The lowest BCUT2D eigenvalue weighted by atomic mass is 9.89. The number of carbonyl (C=O) groups is 1. The van der Waals surface area contributed by atoms with E-state index in [2.05, 4.69) is 16.9 Å². The van der Waals surface area contributed by atoms with Gasteiger partial charge in [0.25, 0.3) is 0 Å². The molecule has 0 bridgehead atoms. The molecule has 1 heterocycles. The van der Waals surface area contributed by atoms with E-state index in [-0.39, 0.29) is 37.0 Å². The monoisotopic (exact) mass is 328 g/mol. The van der Waals surface area contributed by atoms with Gasteiger partial charge >= 0.3 is 5.97 Å². The minimum absolute atomic E-state index is 0.00560. The third kappa shape index (κ3) is 6.15. The summed E-state index contributed by atoms with van der Waals surface area (Å²) in [6.07, 6.45) is 7.48. The van der Waals surface area contributed by atoms with E-state index in [1.807, 2.05) is 0 Å². The lowest BCUT2D eigenvalue weighted by Crippen LogP contribution is -2.25. The van der Waals surface area contributed by atoms with E-state index in [0.717, 1.165) is 19.3 Å². The van der Waals surface area contributed by atoms with Crippen LogP contribution >= 0.6 is 11.6 Å². The molecule has 0 aliphatic heterocycles. The minimum Gasteiger partial charge on any atom is -0.473 e. The van der Waals surface area contributed by atoms with E-state index in [1.165, 1.54) is 18.8 Å². The molecule has 1 aliphatic rings. The van der Waals surface area contributed by atoms with Crippen LogP contribution in [0.25, 0.3) is 0 Å². The maximum atomic E-state index is 11.6. The van der Waals surface area contributed by atoms with E-state index < -0.39 is 0 Å². The highest BCUT2D eigenvalue weighted by Crippen LogP contribution is 2.25. The first-order valence-corrected chi connectivity index (χ1v) is 7.89. The van der Waals surface area contributed by atoms with Crippen molar-refractivity contribution >= 4 is 17.6 Å². The van der Waals surface area contributed by atoms with Gasteiger partial charge in [-0.15, -0.1) is 0 Å². The molecule has 22 heavy (non-hydrogen) atoms. The third-order valence-electron chi connectivity index (χ3n) is 3.50. The molecule has 1 saturated carbocycles. The van der Waals surface area contributed by atoms with E-state index in [4.69, 9.17) is 25.8 Å². The van der Waals surface area contributed by atoms with Gasteiger partial charge in [-0.3, -0.25) is 4.98 Å². The summed E-state index contributed by atoms with van der Waals surface area (Å²) in [5.74, 6) is 0.594. The van der Waals surface area contributed by atoms with Gasteiger partial charge in [-0.2, -0.15) is 4.98 Å². The van der Waals surface area contributed by atoms with Crippen molar-refractivity contribution in [3.05, 3.63) is 17.5 Å². The number of ether oxygens (including phenoxy) is 3. The molecule has 0 spiro atoms. The highest BCUT2D eigenvalue weighted by atomic mass is 35.5. The van der Waals surface area contributed by atoms with Gasteiger partial charge in [0.15, 0.2) is 5.15 Å².